The lowest BCUT2D eigenvalue weighted by molar-refractivity contribution is 0.0945. The molecule has 12 heteroatoms. The summed E-state index contributed by atoms with van der Waals surface area (Å²) in [4.78, 5) is 17.4. The standard InChI is InChI=1S/C30H33N7O3S2/c1-30(2,33-19-26(38)21-7-6-8-23(17-21)36-42(40)24-9-4-3-5-10-24)12-15-37-14-11-22-18-25(34-35-28(22)37)29(39)32-20-27-31-13-16-41-27/h3-11,13-14,16-18,26,33,36,38H,12,15,19-20H2,1-2H3,(H,32,39)/t26-,42?/m0/s1. The molecule has 10 nitrogen and oxygen atoms in total. The first kappa shape index (κ1) is 29.5. The predicted octanol–water partition coefficient (Wildman–Crippen LogP) is 4.44. The number of benzene rings is 2. The maximum Gasteiger partial charge on any atom is 0.272 e. The first-order chi connectivity index (χ1) is 20.3. The van der Waals surface area contributed by atoms with Crippen molar-refractivity contribution in [2.45, 2.75) is 49.9 Å². The summed E-state index contributed by atoms with van der Waals surface area (Å²) in [6.07, 6.45) is 3.67. The molecule has 1 amide bonds. The number of hydrogen-bond donors (Lipinski definition) is 4. The smallest absolute Gasteiger partial charge is 0.272 e. The molecule has 218 valence electrons. The van der Waals surface area contributed by atoms with Crippen LogP contribution in [0.5, 0.6) is 0 Å². The molecule has 3 heterocycles. The SMILES string of the molecule is CC(C)(CCn1ccc2cc(C(=O)NCc3nccs3)nnc21)NC[C@H](O)c1cccc(NS(=O)c2ccccc2)c1. The monoisotopic (exact) mass is 603 g/mol. The molecule has 0 fully saturated rings. The van der Waals surface area contributed by atoms with Gasteiger partial charge in [0.05, 0.1) is 17.5 Å². The van der Waals surface area contributed by atoms with Crippen molar-refractivity contribution in [2.75, 3.05) is 11.3 Å². The highest BCUT2D eigenvalue weighted by Gasteiger charge is 2.20. The molecule has 0 aliphatic rings. The number of amides is 1. The number of hydrogen-bond acceptors (Lipinski definition) is 8. The van der Waals surface area contributed by atoms with Gasteiger partial charge in [0.15, 0.2) is 11.3 Å². The zero-order valence-electron chi connectivity index (χ0n) is 23.4. The van der Waals surface area contributed by atoms with Gasteiger partial charge in [0.2, 0.25) is 0 Å². The first-order valence-corrected chi connectivity index (χ1v) is 15.6. The lowest BCUT2D eigenvalue weighted by Crippen LogP contribution is -2.42. The second kappa shape index (κ2) is 13.3. The summed E-state index contributed by atoms with van der Waals surface area (Å²) in [6, 6.07) is 20.2. The summed E-state index contributed by atoms with van der Waals surface area (Å²) >= 11 is 1.48. The summed E-state index contributed by atoms with van der Waals surface area (Å²) in [6.45, 7) is 5.55. The van der Waals surface area contributed by atoms with Crippen LogP contribution < -0.4 is 15.4 Å². The Morgan fingerprint density at radius 3 is 2.71 bits per heavy atom. The maximum atomic E-state index is 12.6. The molecule has 1 unspecified atom stereocenters. The molecule has 0 aliphatic carbocycles. The van der Waals surface area contributed by atoms with Crippen LogP contribution in [0.25, 0.3) is 11.0 Å². The number of aromatic nitrogens is 4. The summed E-state index contributed by atoms with van der Waals surface area (Å²) in [5.41, 5.74) is 2.09. The number of aliphatic hydroxyl groups excluding tert-OH is 1. The van der Waals surface area contributed by atoms with Crippen molar-refractivity contribution < 1.29 is 14.1 Å². The number of nitrogens with one attached hydrogen (secondary N) is 3. The molecule has 0 saturated carbocycles. The largest absolute Gasteiger partial charge is 0.387 e. The third kappa shape index (κ3) is 7.65. The lowest BCUT2D eigenvalue weighted by atomic mass is 9.99. The van der Waals surface area contributed by atoms with Gasteiger partial charge in [-0.3, -0.25) is 4.79 Å². The fraction of sp³-hybridized carbons (Fsp3) is 0.267. The predicted molar refractivity (Wildman–Crippen MR) is 165 cm³/mol. The minimum Gasteiger partial charge on any atom is -0.387 e. The van der Waals surface area contributed by atoms with Gasteiger partial charge in [-0.05, 0) is 62.2 Å². The molecule has 0 saturated heterocycles. The number of anilines is 1. The van der Waals surface area contributed by atoms with Gasteiger partial charge < -0.3 is 25.0 Å². The summed E-state index contributed by atoms with van der Waals surface area (Å²) in [5, 5.41) is 29.2. The van der Waals surface area contributed by atoms with Crippen molar-refractivity contribution in [3.05, 3.63) is 101 Å². The fourth-order valence-electron chi connectivity index (χ4n) is 4.36. The van der Waals surface area contributed by atoms with Crippen LogP contribution in [-0.4, -0.2) is 47.1 Å². The minimum absolute atomic E-state index is 0.262. The van der Waals surface area contributed by atoms with Gasteiger partial charge >= 0.3 is 0 Å². The number of β-amino-alcohol motifs (C(OH)–C–C–N with tert-alkyl or cyclic N) is 1. The molecule has 2 aromatic carbocycles. The van der Waals surface area contributed by atoms with E-state index in [0.717, 1.165) is 22.4 Å². The number of thiazole rings is 1. The number of rotatable bonds is 13. The highest BCUT2D eigenvalue weighted by molar-refractivity contribution is 7.86. The quantitative estimate of drug-likeness (QED) is 0.156. The Hall–Kier alpha value is -3.97. The van der Waals surface area contributed by atoms with Gasteiger partial charge in [-0.15, -0.1) is 21.5 Å². The van der Waals surface area contributed by atoms with Crippen LogP contribution >= 0.6 is 11.3 Å². The Kier molecular flexibility index (Phi) is 9.38. The second-order valence-corrected chi connectivity index (χ2v) is 12.7. The Balaban J connectivity index is 1.13. The van der Waals surface area contributed by atoms with Crippen LogP contribution in [0.2, 0.25) is 0 Å². The van der Waals surface area contributed by atoms with Gasteiger partial charge in [-0.2, -0.15) is 0 Å². The van der Waals surface area contributed by atoms with Crippen LogP contribution in [0.15, 0.2) is 89.4 Å². The van der Waals surface area contributed by atoms with Crippen LogP contribution in [-0.2, 0) is 24.1 Å². The molecule has 0 spiro atoms. The van der Waals surface area contributed by atoms with Crippen molar-refractivity contribution in [1.29, 1.82) is 0 Å². The third-order valence-corrected chi connectivity index (χ3v) is 8.72. The van der Waals surface area contributed by atoms with E-state index >= 15 is 0 Å². The van der Waals surface area contributed by atoms with E-state index in [0.29, 0.717) is 35.9 Å². The average Bonchev–Trinajstić information content (AvgIpc) is 3.68. The molecule has 5 aromatic rings. The number of carbonyl (C=O) groups is 1. The van der Waals surface area contributed by atoms with Crippen LogP contribution in [0, 0.1) is 0 Å². The number of aliphatic hydroxyl groups is 1. The van der Waals surface area contributed by atoms with Crippen molar-refractivity contribution in [3.8, 4) is 0 Å². The van der Waals surface area contributed by atoms with E-state index in [1.807, 2.05) is 64.7 Å². The molecule has 4 N–H and O–H groups in total. The van der Waals surface area contributed by atoms with Crippen LogP contribution in [0.3, 0.4) is 0 Å². The van der Waals surface area contributed by atoms with Crippen molar-refractivity contribution in [3.63, 3.8) is 0 Å². The molecule has 5 rings (SSSR count). The molecule has 0 aliphatic heterocycles. The Morgan fingerprint density at radius 1 is 1.10 bits per heavy atom. The lowest BCUT2D eigenvalue weighted by Gasteiger charge is -2.28. The van der Waals surface area contributed by atoms with E-state index in [-0.39, 0.29) is 17.1 Å². The van der Waals surface area contributed by atoms with Crippen LogP contribution in [0.1, 0.15) is 47.4 Å². The topological polar surface area (TPSA) is 134 Å². The van der Waals surface area contributed by atoms with Crippen molar-refractivity contribution in [1.82, 2.24) is 30.4 Å². The normalized spacial score (nSPS) is 13.1. The average molecular weight is 604 g/mol. The molecule has 0 radical (unpaired) electrons. The first-order valence-electron chi connectivity index (χ1n) is 13.5. The van der Waals surface area contributed by atoms with E-state index in [9.17, 15) is 14.1 Å². The molecule has 42 heavy (non-hydrogen) atoms. The molecular weight excluding hydrogens is 571 g/mol. The number of carbonyl (C=O) groups excluding carboxylic acids is 1. The van der Waals surface area contributed by atoms with E-state index < -0.39 is 17.1 Å². The van der Waals surface area contributed by atoms with Gasteiger partial charge in [0, 0.05) is 47.5 Å². The number of aryl methyl sites for hydroxylation is 1. The van der Waals surface area contributed by atoms with Gasteiger partial charge in [-0.1, -0.05) is 30.3 Å². The molecular formula is C30H33N7O3S2. The second-order valence-electron chi connectivity index (χ2n) is 10.5. The van der Waals surface area contributed by atoms with Crippen LogP contribution in [0.4, 0.5) is 5.69 Å². The molecule has 2 atom stereocenters. The van der Waals surface area contributed by atoms with Crippen molar-refractivity contribution in [2.24, 2.45) is 0 Å². The summed E-state index contributed by atoms with van der Waals surface area (Å²) in [5.74, 6) is -0.290. The van der Waals surface area contributed by atoms with E-state index in [4.69, 9.17) is 0 Å². The highest BCUT2D eigenvalue weighted by Crippen LogP contribution is 2.21. The van der Waals surface area contributed by atoms with E-state index in [1.54, 1.807) is 24.4 Å². The Labute approximate surface area is 250 Å². The zero-order chi connectivity index (χ0) is 29.5. The van der Waals surface area contributed by atoms with E-state index in [2.05, 4.69) is 44.4 Å². The highest BCUT2D eigenvalue weighted by atomic mass is 32.2. The van der Waals surface area contributed by atoms with Gasteiger partial charge in [0.1, 0.15) is 16.0 Å². The number of fused-ring (bicyclic) bond motifs is 1. The fourth-order valence-corrected chi connectivity index (χ4v) is 5.78. The zero-order valence-corrected chi connectivity index (χ0v) is 25.0. The van der Waals surface area contributed by atoms with Gasteiger partial charge in [0.25, 0.3) is 5.91 Å². The minimum atomic E-state index is -1.39. The summed E-state index contributed by atoms with van der Waals surface area (Å²) < 4.78 is 17.6. The Morgan fingerprint density at radius 2 is 1.93 bits per heavy atom. The molecule has 3 aromatic heterocycles. The van der Waals surface area contributed by atoms with E-state index in [1.165, 1.54) is 11.3 Å². The maximum absolute atomic E-state index is 12.6. The molecule has 0 bridgehead atoms. The number of nitrogens with zero attached hydrogens (tertiary/aromatic N) is 4. The van der Waals surface area contributed by atoms with Crippen molar-refractivity contribution >= 4 is 45.0 Å². The summed E-state index contributed by atoms with van der Waals surface area (Å²) in [7, 11) is -1.39. The Bertz CT molecular complexity index is 1660. The van der Waals surface area contributed by atoms with Gasteiger partial charge in [-0.25, -0.2) is 9.19 Å². The third-order valence-electron chi connectivity index (χ3n) is 6.82.